The number of nitrogens with one attached hydrogen (secondary N) is 1. The number of hydrogen-bond donors (Lipinski definition) is 1. The molecule has 4 rings (SSSR count). The van der Waals surface area contributed by atoms with Gasteiger partial charge in [-0.05, 0) is 37.6 Å². The minimum atomic E-state index is -3.95. The fourth-order valence-corrected chi connectivity index (χ4v) is 5.23. The predicted octanol–water partition coefficient (Wildman–Crippen LogP) is 1.08. The Kier molecular flexibility index (Phi) is 6.26. The van der Waals surface area contributed by atoms with E-state index in [4.69, 9.17) is 4.74 Å². The Hall–Kier alpha value is -3.18. The predicted molar refractivity (Wildman–Crippen MR) is 123 cm³/mol. The number of piperazine rings is 1. The number of aromatic nitrogens is 1. The van der Waals surface area contributed by atoms with Crippen LogP contribution in [0, 0.1) is 6.92 Å². The molecule has 1 saturated heterocycles. The van der Waals surface area contributed by atoms with Gasteiger partial charge in [-0.1, -0.05) is 6.07 Å². The van der Waals surface area contributed by atoms with Gasteiger partial charge in [0, 0.05) is 45.5 Å². The summed E-state index contributed by atoms with van der Waals surface area (Å²) in [6, 6.07) is 8.67. The van der Waals surface area contributed by atoms with Crippen LogP contribution in [0.3, 0.4) is 0 Å². The number of amides is 2. The van der Waals surface area contributed by atoms with E-state index in [1.54, 1.807) is 31.0 Å². The van der Waals surface area contributed by atoms with Crippen LogP contribution >= 0.6 is 0 Å². The summed E-state index contributed by atoms with van der Waals surface area (Å²) in [5.41, 5.74) is 0.884. The molecule has 1 N–H and O–H groups in total. The molecule has 0 saturated carbocycles. The second kappa shape index (κ2) is 8.99. The molecule has 2 amide bonds. The molecular formula is C22H27N5O5S. The Labute approximate surface area is 193 Å². The number of hydrogen-bond acceptors (Lipinski definition) is 7. The lowest BCUT2D eigenvalue weighted by Crippen LogP contribution is -2.51. The molecule has 176 valence electrons. The summed E-state index contributed by atoms with van der Waals surface area (Å²) in [5, 5.41) is 2.71. The number of carbonyl (C=O) groups excluding carboxylic acids is 2. The molecule has 0 spiro atoms. The molecule has 1 fully saturated rings. The summed E-state index contributed by atoms with van der Waals surface area (Å²) in [7, 11) is -2.56. The van der Waals surface area contributed by atoms with Gasteiger partial charge < -0.3 is 19.9 Å². The Morgan fingerprint density at radius 2 is 1.97 bits per heavy atom. The zero-order valence-electron chi connectivity index (χ0n) is 18.8. The van der Waals surface area contributed by atoms with E-state index in [2.05, 4.69) is 15.2 Å². The Bertz CT molecular complexity index is 1160. The van der Waals surface area contributed by atoms with Crippen LogP contribution < -0.4 is 15.0 Å². The summed E-state index contributed by atoms with van der Waals surface area (Å²) >= 11 is 0. The zero-order chi connectivity index (χ0) is 23.8. The van der Waals surface area contributed by atoms with Gasteiger partial charge in [-0.3, -0.25) is 9.59 Å². The number of anilines is 2. The lowest BCUT2D eigenvalue weighted by Gasteiger charge is -2.36. The summed E-state index contributed by atoms with van der Waals surface area (Å²) in [5.74, 6) is 0.606. The van der Waals surface area contributed by atoms with E-state index in [0.717, 1.165) is 10.1 Å². The van der Waals surface area contributed by atoms with Crippen molar-refractivity contribution < 1.29 is 22.7 Å². The van der Waals surface area contributed by atoms with Crippen LogP contribution in [-0.2, 0) is 19.6 Å². The van der Waals surface area contributed by atoms with Crippen LogP contribution in [0.4, 0.5) is 11.5 Å². The minimum Gasteiger partial charge on any atom is -0.479 e. The molecular weight excluding hydrogens is 446 g/mol. The van der Waals surface area contributed by atoms with Gasteiger partial charge in [0.05, 0.1) is 17.1 Å². The number of benzene rings is 1. The molecule has 2 aliphatic rings. The zero-order valence-corrected chi connectivity index (χ0v) is 19.6. The maximum absolute atomic E-state index is 13.2. The van der Waals surface area contributed by atoms with Gasteiger partial charge in [0.1, 0.15) is 11.6 Å². The average molecular weight is 474 g/mol. The molecule has 0 bridgehead atoms. The van der Waals surface area contributed by atoms with Crippen molar-refractivity contribution in [1.29, 1.82) is 0 Å². The number of sulfonamides is 1. The first kappa shape index (κ1) is 23.0. The van der Waals surface area contributed by atoms with Crippen LogP contribution in [0.15, 0.2) is 41.4 Å². The lowest BCUT2D eigenvalue weighted by molar-refractivity contribution is -0.131. The molecule has 3 heterocycles. The van der Waals surface area contributed by atoms with E-state index in [-0.39, 0.29) is 29.0 Å². The molecule has 1 aromatic heterocycles. The Morgan fingerprint density at radius 3 is 2.64 bits per heavy atom. The highest BCUT2D eigenvalue weighted by Crippen LogP contribution is 2.35. The molecule has 0 aliphatic carbocycles. The maximum atomic E-state index is 13.2. The monoisotopic (exact) mass is 473 g/mol. The third kappa shape index (κ3) is 4.64. The van der Waals surface area contributed by atoms with Gasteiger partial charge in [0.25, 0.3) is 5.91 Å². The van der Waals surface area contributed by atoms with E-state index < -0.39 is 16.1 Å². The Balaban J connectivity index is 1.43. The largest absolute Gasteiger partial charge is 0.479 e. The molecule has 0 unspecified atom stereocenters. The van der Waals surface area contributed by atoms with Gasteiger partial charge in [0.15, 0.2) is 6.10 Å². The van der Waals surface area contributed by atoms with Gasteiger partial charge in [0.2, 0.25) is 15.9 Å². The smallest absolute Gasteiger partial charge is 0.265 e. The third-order valence-electron chi connectivity index (χ3n) is 5.86. The van der Waals surface area contributed by atoms with Crippen molar-refractivity contribution in [3.8, 4) is 5.75 Å². The fraction of sp³-hybridized carbons (Fsp3) is 0.409. The molecule has 11 heteroatoms. The van der Waals surface area contributed by atoms with E-state index >= 15 is 0 Å². The highest BCUT2D eigenvalue weighted by atomic mass is 32.2. The SMILES string of the molecule is Cc1cc2c(cc1S(=O)(=O)N(C)CC(=O)N1CCN(c3ccccn3)CC1)O[C@H](C)C(=O)N2. The second-order valence-electron chi connectivity index (χ2n) is 8.18. The Morgan fingerprint density at radius 1 is 1.24 bits per heavy atom. The van der Waals surface area contributed by atoms with Crippen molar-refractivity contribution in [2.45, 2.75) is 24.8 Å². The molecule has 33 heavy (non-hydrogen) atoms. The van der Waals surface area contributed by atoms with Crippen molar-refractivity contribution >= 4 is 33.3 Å². The number of likely N-dealkylation sites (N-methyl/N-ethyl adjacent to an activating group) is 1. The topological polar surface area (TPSA) is 112 Å². The van der Waals surface area contributed by atoms with Crippen LogP contribution in [0.2, 0.25) is 0 Å². The number of nitrogens with zero attached hydrogens (tertiary/aromatic N) is 4. The van der Waals surface area contributed by atoms with Crippen molar-refractivity contribution in [3.63, 3.8) is 0 Å². The summed E-state index contributed by atoms with van der Waals surface area (Å²) < 4.78 is 33.1. The van der Waals surface area contributed by atoms with Gasteiger partial charge in [-0.15, -0.1) is 0 Å². The lowest BCUT2D eigenvalue weighted by atomic mass is 10.1. The number of fused-ring (bicyclic) bond motifs is 1. The normalized spacial score (nSPS) is 18.5. The summed E-state index contributed by atoms with van der Waals surface area (Å²) in [6.07, 6.45) is 1.01. The van der Waals surface area contributed by atoms with Crippen LogP contribution in [-0.4, -0.2) is 80.3 Å². The molecule has 10 nitrogen and oxygen atoms in total. The molecule has 2 aromatic rings. The quantitative estimate of drug-likeness (QED) is 0.692. The number of ether oxygens (including phenoxy) is 1. The van der Waals surface area contributed by atoms with Crippen LogP contribution in [0.5, 0.6) is 5.75 Å². The molecule has 1 atom stereocenters. The first-order valence-corrected chi connectivity index (χ1v) is 12.1. The van der Waals surface area contributed by atoms with Crippen LogP contribution in [0.1, 0.15) is 12.5 Å². The number of rotatable bonds is 5. The van der Waals surface area contributed by atoms with E-state index in [1.165, 1.54) is 13.1 Å². The van der Waals surface area contributed by atoms with Gasteiger partial charge >= 0.3 is 0 Å². The number of pyridine rings is 1. The average Bonchev–Trinajstić information content (AvgIpc) is 2.80. The highest BCUT2D eigenvalue weighted by Gasteiger charge is 2.31. The van der Waals surface area contributed by atoms with E-state index in [9.17, 15) is 18.0 Å². The van der Waals surface area contributed by atoms with E-state index in [1.807, 2.05) is 18.2 Å². The van der Waals surface area contributed by atoms with Crippen molar-refractivity contribution in [2.75, 3.05) is 50.0 Å². The van der Waals surface area contributed by atoms with Crippen LogP contribution in [0.25, 0.3) is 0 Å². The van der Waals surface area contributed by atoms with Gasteiger partial charge in [-0.25, -0.2) is 13.4 Å². The fourth-order valence-electron chi connectivity index (χ4n) is 3.89. The van der Waals surface area contributed by atoms with Crippen molar-refractivity contribution in [2.24, 2.45) is 0 Å². The highest BCUT2D eigenvalue weighted by molar-refractivity contribution is 7.89. The second-order valence-corrected chi connectivity index (χ2v) is 10.2. The third-order valence-corrected chi connectivity index (χ3v) is 7.81. The van der Waals surface area contributed by atoms with Crippen molar-refractivity contribution in [1.82, 2.24) is 14.2 Å². The molecule has 0 radical (unpaired) electrons. The molecule has 2 aliphatic heterocycles. The summed E-state index contributed by atoms with van der Waals surface area (Å²) in [4.78, 5) is 32.8. The van der Waals surface area contributed by atoms with Crippen molar-refractivity contribution in [3.05, 3.63) is 42.1 Å². The standard InChI is InChI=1S/C22H27N5O5S/c1-15-12-17-18(32-16(2)22(29)24-17)13-19(15)33(30,31)25(3)14-21(28)27-10-8-26(9-11-27)20-6-4-5-7-23-20/h4-7,12-13,16H,8-11,14H2,1-3H3,(H,24,29)/t16-/m1/s1. The number of aryl methyl sites for hydroxylation is 1. The minimum absolute atomic E-state index is 0.0415. The first-order chi connectivity index (χ1) is 15.7. The van der Waals surface area contributed by atoms with E-state index in [0.29, 0.717) is 37.4 Å². The summed E-state index contributed by atoms with van der Waals surface area (Å²) in [6.45, 7) is 5.21. The van der Waals surface area contributed by atoms with Gasteiger partial charge in [-0.2, -0.15) is 4.31 Å². The first-order valence-electron chi connectivity index (χ1n) is 10.7. The maximum Gasteiger partial charge on any atom is 0.265 e. The number of carbonyl (C=O) groups is 2. The molecule has 1 aromatic carbocycles.